The van der Waals surface area contributed by atoms with E-state index >= 15 is 0 Å². The fourth-order valence-corrected chi connectivity index (χ4v) is 1.84. The topological polar surface area (TPSA) is 31.4 Å². The van der Waals surface area contributed by atoms with Crippen LogP contribution in [0.2, 0.25) is 0 Å². The largest absolute Gasteiger partial charge is 0.487 e. The summed E-state index contributed by atoms with van der Waals surface area (Å²) in [5.41, 5.74) is 0.501. The second-order valence-corrected chi connectivity index (χ2v) is 5.83. The number of nitrogens with zero attached hydrogens (tertiary/aromatic N) is 1. The molecule has 0 atom stereocenters. The molecule has 0 radical (unpaired) electrons. The van der Waals surface area contributed by atoms with Crippen LogP contribution >= 0.6 is 0 Å². The predicted molar refractivity (Wildman–Crippen MR) is 74.0 cm³/mol. The highest BCUT2D eigenvalue weighted by Crippen LogP contribution is 2.37. The Labute approximate surface area is 114 Å². The van der Waals surface area contributed by atoms with Crippen molar-refractivity contribution in [2.75, 3.05) is 0 Å². The fraction of sp³-hybridized carbons (Fsp3) is 0.500. The van der Waals surface area contributed by atoms with Gasteiger partial charge in [-0.2, -0.15) is 0 Å². The molecule has 102 valence electrons. The van der Waals surface area contributed by atoms with Crippen LogP contribution in [-0.4, -0.2) is 23.3 Å². The van der Waals surface area contributed by atoms with E-state index in [1.165, 1.54) is 6.20 Å². The Morgan fingerprint density at radius 2 is 1.79 bits per heavy atom. The quantitative estimate of drug-likeness (QED) is 0.768. The number of pyridine rings is 1. The minimum Gasteiger partial charge on any atom is -0.400 e. The van der Waals surface area contributed by atoms with Gasteiger partial charge in [-0.25, -0.2) is 4.39 Å². The van der Waals surface area contributed by atoms with E-state index in [0.717, 1.165) is 5.69 Å². The van der Waals surface area contributed by atoms with Gasteiger partial charge in [-0.1, -0.05) is 12.1 Å². The Bertz CT molecular complexity index is 498. The van der Waals surface area contributed by atoms with Crippen LogP contribution in [-0.2, 0) is 9.31 Å². The lowest BCUT2D eigenvalue weighted by Gasteiger charge is -2.32. The molecule has 5 heteroatoms. The lowest BCUT2D eigenvalue weighted by atomic mass is 9.89. The summed E-state index contributed by atoms with van der Waals surface area (Å²) in [6.45, 7) is 9.76. The molecule has 0 spiro atoms. The summed E-state index contributed by atoms with van der Waals surface area (Å²) in [6.07, 6.45) is 2.89. The lowest BCUT2D eigenvalue weighted by molar-refractivity contribution is 0.00578. The molecule has 0 N–H and O–H groups in total. The second-order valence-electron chi connectivity index (χ2n) is 5.83. The monoisotopic (exact) mass is 263 g/mol. The first-order chi connectivity index (χ1) is 8.71. The number of halogens is 1. The molecule has 0 aliphatic carbocycles. The van der Waals surface area contributed by atoms with E-state index in [4.69, 9.17) is 9.31 Å². The predicted octanol–water partition coefficient (Wildman–Crippen LogP) is 3.17. The molecule has 1 aliphatic rings. The maximum Gasteiger partial charge on any atom is 0.487 e. The summed E-state index contributed by atoms with van der Waals surface area (Å²) >= 11 is 0. The van der Waals surface area contributed by atoms with E-state index in [9.17, 15) is 4.39 Å². The molecular formula is C14H19BFNO2. The van der Waals surface area contributed by atoms with Crippen LogP contribution in [0.25, 0.3) is 6.08 Å². The third-order valence-corrected chi connectivity index (χ3v) is 3.73. The van der Waals surface area contributed by atoms with Crippen molar-refractivity contribution in [3.05, 3.63) is 35.3 Å². The van der Waals surface area contributed by atoms with Gasteiger partial charge in [0.25, 0.3) is 0 Å². The number of hydrogen-bond donors (Lipinski definition) is 0. The molecule has 1 aromatic rings. The van der Waals surface area contributed by atoms with Gasteiger partial charge in [-0.3, -0.25) is 4.98 Å². The Kier molecular flexibility index (Phi) is 3.54. The maximum absolute atomic E-state index is 13.6. The molecule has 0 amide bonds. The van der Waals surface area contributed by atoms with Gasteiger partial charge in [-0.15, -0.1) is 0 Å². The lowest BCUT2D eigenvalue weighted by Crippen LogP contribution is -2.41. The van der Waals surface area contributed by atoms with E-state index in [1.807, 2.05) is 34.6 Å². The van der Waals surface area contributed by atoms with E-state index < -0.39 is 7.12 Å². The molecule has 19 heavy (non-hydrogen) atoms. The van der Waals surface area contributed by atoms with Crippen molar-refractivity contribution >= 4 is 13.2 Å². The van der Waals surface area contributed by atoms with Crippen LogP contribution in [0.3, 0.4) is 0 Å². The van der Waals surface area contributed by atoms with Crippen molar-refractivity contribution in [1.29, 1.82) is 0 Å². The van der Waals surface area contributed by atoms with Gasteiger partial charge >= 0.3 is 7.12 Å². The summed E-state index contributed by atoms with van der Waals surface area (Å²) in [4.78, 5) is 3.89. The van der Waals surface area contributed by atoms with Crippen LogP contribution in [0.15, 0.2) is 18.2 Å². The van der Waals surface area contributed by atoms with Crippen molar-refractivity contribution in [3.63, 3.8) is 0 Å². The van der Waals surface area contributed by atoms with E-state index in [-0.39, 0.29) is 17.0 Å². The average molecular weight is 263 g/mol. The summed E-state index contributed by atoms with van der Waals surface area (Å²) in [5.74, 6) is 1.38. The van der Waals surface area contributed by atoms with E-state index in [1.54, 1.807) is 18.1 Å². The van der Waals surface area contributed by atoms with E-state index in [0.29, 0.717) is 5.56 Å². The van der Waals surface area contributed by atoms with Gasteiger partial charge in [0, 0.05) is 11.3 Å². The van der Waals surface area contributed by atoms with Crippen molar-refractivity contribution < 1.29 is 13.7 Å². The zero-order valence-corrected chi connectivity index (χ0v) is 12.0. The van der Waals surface area contributed by atoms with E-state index in [2.05, 4.69) is 4.98 Å². The second kappa shape index (κ2) is 4.73. The van der Waals surface area contributed by atoms with Crippen molar-refractivity contribution in [2.45, 2.75) is 45.8 Å². The first kappa shape index (κ1) is 14.2. The number of aromatic nitrogens is 1. The van der Waals surface area contributed by atoms with Crippen LogP contribution in [0.1, 0.15) is 39.0 Å². The SMILES string of the molecule is Cc1cc(/C=C/B2OC(C)(C)C(C)(C)O2)c(F)cn1. The van der Waals surface area contributed by atoms with Gasteiger partial charge in [0.1, 0.15) is 5.82 Å². The summed E-state index contributed by atoms with van der Waals surface area (Å²) in [7, 11) is -0.460. The minimum atomic E-state index is -0.460. The normalized spacial score (nSPS) is 21.3. The Morgan fingerprint density at radius 3 is 2.37 bits per heavy atom. The molecule has 0 bridgehead atoms. The summed E-state index contributed by atoms with van der Waals surface area (Å²) < 4.78 is 25.2. The smallest absolute Gasteiger partial charge is 0.400 e. The molecule has 1 aliphatic heterocycles. The molecule has 0 aromatic carbocycles. The van der Waals surface area contributed by atoms with Gasteiger partial charge in [0.15, 0.2) is 0 Å². The highest BCUT2D eigenvalue weighted by atomic mass is 19.1. The molecule has 0 saturated carbocycles. The zero-order valence-electron chi connectivity index (χ0n) is 12.0. The van der Waals surface area contributed by atoms with Gasteiger partial charge in [0.2, 0.25) is 0 Å². The average Bonchev–Trinajstić information content (AvgIpc) is 2.49. The fourth-order valence-electron chi connectivity index (χ4n) is 1.84. The summed E-state index contributed by atoms with van der Waals surface area (Å²) in [6, 6.07) is 1.69. The van der Waals surface area contributed by atoms with Gasteiger partial charge < -0.3 is 9.31 Å². The maximum atomic E-state index is 13.6. The Morgan fingerprint density at radius 1 is 1.21 bits per heavy atom. The van der Waals surface area contributed by atoms with Crippen molar-refractivity contribution in [1.82, 2.24) is 4.98 Å². The standard InChI is InChI=1S/C14H19BFNO2/c1-10-8-11(12(16)9-17-10)6-7-15-18-13(2,3)14(4,5)19-15/h6-9H,1-5H3/b7-6+. The molecule has 3 nitrogen and oxygen atoms in total. The molecular weight excluding hydrogens is 244 g/mol. The van der Waals surface area contributed by atoms with Crippen LogP contribution in [0.5, 0.6) is 0 Å². The minimum absolute atomic E-state index is 0.349. The number of hydrogen-bond acceptors (Lipinski definition) is 3. The molecule has 0 unspecified atom stereocenters. The molecule has 1 aromatic heterocycles. The third-order valence-electron chi connectivity index (χ3n) is 3.73. The van der Waals surface area contributed by atoms with Crippen LogP contribution in [0.4, 0.5) is 4.39 Å². The zero-order chi connectivity index (χ0) is 14.3. The van der Waals surface area contributed by atoms with Crippen molar-refractivity contribution in [2.24, 2.45) is 0 Å². The Balaban J connectivity index is 2.15. The highest BCUT2D eigenvalue weighted by Gasteiger charge is 2.49. The summed E-state index contributed by atoms with van der Waals surface area (Å²) in [5, 5.41) is 0. The first-order valence-electron chi connectivity index (χ1n) is 6.37. The number of rotatable bonds is 2. The molecule has 1 saturated heterocycles. The molecule has 1 fully saturated rings. The Hall–Kier alpha value is -1.20. The third kappa shape index (κ3) is 2.87. The van der Waals surface area contributed by atoms with Crippen LogP contribution in [0, 0.1) is 12.7 Å². The first-order valence-corrected chi connectivity index (χ1v) is 6.37. The van der Waals surface area contributed by atoms with Gasteiger partial charge in [0.05, 0.1) is 17.4 Å². The highest BCUT2D eigenvalue weighted by molar-refractivity contribution is 6.52. The molecule has 2 heterocycles. The van der Waals surface area contributed by atoms with Crippen molar-refractivity contribution in [3.8, 4) is 0 Å². The number of aryl methyl sites for hydroxylation is 1. The van der Waals surface area contributed by atoms with Gasteiger partial charge in [-0.05, 0) is 40.7 Å². The van der Waals surface area contributed by atoms with Crippen LogP contribution < -0.4 is 0 Å². The molecule has 2 rings (SSSR count).